The molecule has 1 aliphatic carbocycles. The second-order valence-electron chi connectivity index (χ2n) is 8.04. The van der Waals surface area contributed by atoms with E-state index in [0.717, 1.165) is 34.7 Å². The fraction of sp³-hybridized carbons (Fsp3) is 0.391. The molecule has 32 heavy (non-hydrogen) atoms. The number of ether oxygens (including phenoxy) is 1. The molecular formula is C23H23F2N5OS. The summed E-state index contributed by atoms with van der Waals surface area (Å²) >= 11 is 1.42. The Morgan fingerprint density at radius 1 is 1.06 bits per heavy atom. The van der Waals surface area contributed by atoms with Crippen molar-refractivity contribution in [1.82, 2.24) is 24.7 Å². The van der Waals surface area contributed by atoms with E-state index in [0.29, 0.717) is 30.4 Å². The zero-order valence-corrected chi connectivity index (χ0v) is 18.5. The summed E-state index contributed by atoms with van der Waals surface area (Å²) in [6, 6.07) is 6.26. The number of rotatable bonds is 3. The molecule has 0 atom stereocenters. The third-order valence-corrected chi connectivity index (χ3v) is 6.56. The van der Waals surface area contributed by atoms with Crippen LogP contribution in [-0.4, -0.2) is 37.9 Å². The van der Waals surface area contributed by atoms with E-state index in [1.54, 1.807) is 0 Å². The van der Waals surface area contributed by atoms with E-state index in [2.05, 4.69) is 20.1 Å². The van der Waals surface area contributed by atoms with Crippen LogP contribution in [0.5, 0.6) is 0 Å². The van der Waals surface area contributed by atoms with Crippen LogP contribution in [-0.2, 0) is 4.74 Å². The summed E-state index contributed by atoms with van der Waals surface area (Å²) in [5.74, 6) is -0.395. The summed E-state index contributed by atoms with van der Waals surface area (Å²) in [7, 11) is 0. The van der Waals surface area contributed by atoms with Crippen molar-refractivity contribution >= 4 is 21.7 Å². The predicted octanol–water partition coefficient (Wildman–Crippen LogP) is 5.45. The van der Waals surface area contributed by atoms with Crippen molar-refractivity contribution < 1.29 is 13.5 Å². The number of hydrogen-bond donors (Lipinski definition) is 0. The molecule has 0 unspecified atom stereocenters. The highest BCUT2D eigenvalue weighted by Gasteiger charge is 2.24. The zero-order valence-electron chi connectivity index (χ0n) is 17.7. The summed E-state index contributed by atoms with van der Waals surface area (Å²) in [6.07, 6.45) is 8.17. The van der Waals surface area contributed by atoms with E-state index in [1.807, 2.05) is 30.1 Å². The summed E-state index contributed by atoms with van der Waals surface area (Å²) in [6.45, 7) is 3.22. The van der Waals surface area contributed by atoms with Gasteiger partial charge in [-0.3, -0.25) is 4.68 Å². The summed E-state index contributed by atoms with van der Waals surface area (Å²) in [4.78, 5) is 13.7. The Hall–Kier alpha value is -2.78. The molecule has 1 aliphatic heterocycles. The maximum Gasteiger partial charge on any atom is 0.174 e. The van der Waals surface area contributed by atoms with Crippen LogP contribution >= 0.6 is 11.3 Å². The van der Waals surface area contributed by atoms with E-state index in [9.17, 15) is 8.78 Å². The van der Waals surface area contributed by atoms with Crippen LogP contribution in [0.1, 0.15) is 48.5 Å². The first-order valence-electron chi connectivity index (χ1n) is 10.8. The van der Waals surface area contributed by atoms with Gasteiger partial charge >= 0.3 is 0 Å². The lowest BCUT2D eigenvalue weighted by atomic mass is 9.99. The standard InChI is InChI=1S/C17H15F2N3OS.C6H8N2/c1-9-20-17-15(24-9)14(12-3-2-11(18)8-13(12)19)21-16(22-17)10-4-6-23-7-5-10;1-4-7-8(5-1)6-2-3-6/h2-3,8,10H,4-7H2,1H3;1,4-6H,2-3H2. The Labute approximate surface area is 188 Å². The molecule has 3 aromatic heterocycles. The minimum absolute atomic E-state index is 0.174. The number of benzene rings is 1. The van der Waals surface area contributed by atoms with Gasteiger partial charge in [-0.05, 0) is 50.8 Å². The monoisotopic (exact) mass is 455 g/mol. The fourth-order valence-electron chi connectivity index (χ4n) is 3.78. The minimum Gasteiger partial charge on any atom is -0.381 e. The van der Waals surface area contributed by atoms with Gasteiger partial charge < -0.3 is 4.74 Å². The Morgan fingerprint density at radius 2 is 1.88 bits per heavy atom. The van der Waals surface area contributed by atoms with E-state index >= 15 is 0 Å². The topological polar surface area (TPSA) is 65.7 Å². The van der Waals surface area contributed by atoms with Gasteiger partial charge in [0.1, 0.15) is 22.2 Å². The second kappa shape index (κ2) is 8.99. The van der Waals surface area contributed by atoms with Gasteiger partial charge in [0, 0.05) is 43.2 Å². The van der Waals surface area contributed by atoms with Crippen molar-refractivity contribution in [1.29, 1.82) is 0 Å². The molecular weight excluding hydrogens is 432 g/mol. The molecule has 6 rings (SSSR count). The zero-order chi connectivity index (χ0) is 22.1. The molecule has 2 aliphatic rings. The van der Waals surface area contributed by atoms with E-state index in [1.165, 1.54) is 36.3 Å². The number of fused-ring (bicyclic) bond motifs is 1. The van der Waals surface area contributed by atoms with Crippen LogP contribution in [0, 0.1) is 18.6 Å². The van der Waals surface area contributed by atoms with Crippen LogP contribution in [0.15, 0.2) is 36.7 Å². The lowest BCUT2D eigenvalue weighted by Gasteiger charge is -2.21. The largest absolute Gasteiger partial charge is 0.381 e. The minimum atomic E-state index is -0.626. The third-order valence-electron chi connectivity index (χ3n) is 5.60. The SMILES string of the molecule is Cc1nc2nc(C3CCOCC3)nc(-c3ccc(F)cc3F)c2s1.c1cnn(C2CC2)c1. The van der Waals surface area contributed by atoms with E-state index in [4.69, 9.17) is 4.74 Å². The van der Waals surface area contributed by atoms with Gasteiger partial charge in [-0.15, -0.1) is 11.3 Å². The molecule has 1 saturated carbocycles. The average Bonchev–Trinajstić information content (AvgIpc) is 3.35. The number of hydrogen-bond acceptors (Lipinski definition) is 6. The molecule has 0 N–H and O–H groups in total. The van der Waals surface area contributed by atoms with Crippen molar-refractivity contribution in [2.24, 2.45) is 0 Å². The van der Waals surface area contributed by atoms with Gasteiger partial charge in [0.05, 0.1) is 16.7 Å². The highest BCUT2D eigenvalue weighted by atomic mass is 32.1. The molecule has 4 aromatic rings. The van der Waals surface area contributed by atoms with Crippen molar-refractivity contribution in [3.8, 4) is 11.3 Å². The second-order valence-corrected chi connectivity index (χ2v) is 9.25. The Bertz CT molecular complexity index is 1220. The summed E-state index contributed by atoms with van der Waals surface area (Å²) in [5.41, 5.74) is 1.35. The molecule has 4 heterocycles. The van der Waals surface area contributed by atoms with Crippen LogP contribution < -0.4 is 0 Å². The number of aromatic nitrogens is 5. The number of halogens is 2. The summed E-state index contributed by atoms with van der Waals surface area (Å²) in [5, 5.41) is 4.93. The first-order chi connectivity index (χ1) is 15.6. The Balaban J connectivity index is 0.000000225. The third kappa shape index (κ3) is 4.54. The van der Waals surface area contributed by atoms with Gasteiger partial charge in [0.2, 0.25) is 0 Å². The highest BCUT2D eigenvalue weighted by Crippen LogP contribution is 2.35. The quantitative estimate of drug-likeness (QED) is 0.411. The first kappa shape index (κ1) is 21.1. The maximum absolute atomic E-state index is 14.3. The van der Waals surface area contributed by atoms with Gasteiger partial charge in [0.25, 0.3) is 0 Å². The molecule has 9 heteroatoms. The van der Waals surface area contributed by atoms with Crippen molar-refractivity contribution in [2.75, 3.05) is 13.2 Å². The highest BCUT2D eigenvalue weighted by molar-refractivity contribution is 7.19. The number of aryl methyl sites for hydroxylation is 1. The lowest BCUT2D eigenvalue weighted by Crippen LogP contribution is -2.16. The molecule has 0 radical (unpaired) electrons. The fourth-order valence-corrected chi connectivity index (χ4v) is 4.65. The normalized spacial score (nSPS) is 16.7. The van der Waals surface area contributed by atoms with E-state index in [-0.39, 0.29) is 11.5 Å². The van der Waals surface area contributed by atoms with Crippen LogP contribution in [0.25, 0.3) is 21.6 Å². The Kier molecular flexibility index (Phi) is 5.93. The van der Waals surface area contributed by atoms with Crippen molar-refractivity contribution in [3.63, 3.8) is 0 Å². The van der Waals surface area contributed by atoms with E-state index < -0.39 is 11.6 Å². The molecule has 0 bridgehead atoms. The molecule has 6 nitrogen and oxygen atoms in total. The molecule has 0 amide bonds. The van der Waals surface area contributed by atoms with Gasteiger partial charge in [-0.2, -0.15) is 5.10 Å². The van der Waals surface area contributed by atoms with Crippen molar-refractivity contribution in [3.05, 3.63) is 59.1 Å². The number of nitrogens with zero attached hydrogens (tertiary/aromatic N) is 5. The molecule has 1 aromatic carbocycles. The predicted molar refractivity (Wildman–Crippen MR) is 119 cm³/mol. The first-order valence-corrected chi connectivity index (χ1v) is 11.6. The Morgan fingerprint density at radius 3 is 2.56 bits per heavy atom. The average molecular weight is 456 g/mol. The maximum atomic E-state index is 14.3. The van der Waals surface area contributed by atoms with Gasteiger partial charge in [0.15, 0.2) is 5.65 Å². The molecule has 166 valence electrons. The molecule has 0 spiro atoms. The van der Waals surface area contributed by atoms with Crippen LogP contribution in [0.2, 0.25) is 0 Å². The van der Waals surface area contributed by atoms with Gasteiger partial charge in [-0.1, -0.05) is 0 Å². The smallest absolute Gasteiger partial charge is 0.174 e. The van der Waals surface area contributed by atoms with Gasteiger partial charge in [-0.25, -0.2) is 23.7 Å². The van der Waals surface area contributed by atoms with Crippen molar-refractivity contribution in [2.45, 2.75) is 44.6 Å². The van der Waals surface area contributed by atoms with Crippen LogP contribution in [0.4, 0.5) is 8.78 Å². The summed E-state index contributed by atoms with van der Waals surface area (Å²) < 4.78 is 35.7. The van der Waals surface area contributed by atoms with Crippen LogP contribution in [0.3, 0.4) is 0 Å². The molecule has 1 saturated heterocycles. The lowest BCUT2D eigenvalue weighted by molar-refractivity contribution is 0.0836. The number of thiazole rings is 1. The molecule has 2 fully saturated rings.